The number of hydrogen-bond acceptors (Lipinski definition) is 7. The molecule has 0 spiro atoms. The second kappa shape index (κ2) is 13.0. The fraction of sp³-hybridized carbons (Fsp3) is 0.576. The highest BCUT2D eigenvalue weighted by atomic mass is 16.7. The summed E-state index contributed by atoms with van der Waals surface area (Å²) in [4.78, 5) is 45.5. The molecule has 3 aliphatic heterocycles. The Morgan fingerprint density at radius 1 is 1.25 bits per heavy atom. The molecule has 0 saturated carbocycles. The quantitative estimate of drug-likeness (QED) is 0.365. The van der Waals surface area contributed by atoms with E-state index in [2.05, 4.69) is 20.8 Å². The van der Waals surface area contributed by atoms with E-state index in [-0.39, 0.29) is 30.6 Å². The third-order valence-corrected chi connectivity index (χ3v) is 9.05. The van der Waals surface area contributed by atoms with Crippen molar-refractivity contribution in [1.29, 1.82) is 0 Å². The highest BCUT2D eigenvalue weighted by Crippen LogP contribution is 2.47. The first-order valence-electron chi connectivity index (χ1n) is 15.5. The van der Waals surface area contributed by atoms with Crippen LogP contribution in [0.1, 0.15) is 57.9 Å². The van der Waals surface area contributed by atoms with Crippen molar-refractivity contribution < 1.29 is 38.3 Å². The summed E-state index contributed by atoms with van der Waals surface area (Å²) in [6.45, 7) is 8.37. The average molecular weight is 610 g/mol. The number of amides is 2. The fourth-order valence-electron chi connectivity index (χ4n) is 6.93. The molecule has 3 aliphatic rings. The molecule has 44 heavy (non-hydrogen) atoms. The van der Waals surface area contributed by atoms with Crippen molar-refractivity contribution >= 4 is 23.5 Å². The standard InChI is InChI=1S/C33H44N4O7/c1-6-7-12-37(23-9-8-11-34(4)17-23)29(39)19-36-18-24(22-14-26(42-5)31-27(15-22)43-21-44-31)30(32(40)41)25(36)10-13-35-20-33(2,3)16-28(35)38/h8-9,11,14-15,17,24-25,30H,6-7,10,12-13,16,18-21H2,1-5H3/p+1/t24-,25+,30?/m1/s1. The van der Waals surface area contributed by atoms with Gasteiger partial charge in [0.05, 0.1) is 19.6 Å². The predicted molar refractivity (Wildman–Crippen MR) is 163 cm³/mol. The summed E-state index contributed by atoms with van der Waals surface area (Å²) in [5, 5.41) is 10.7. The number of anilines is 1. The second-order valence-corrected chi connectivity index (χ2v) is 13.0. The zero-order valence-corrected chi connectivity index (χ0v) is 26.5. The molecule has 2 fully saturated rings. The molecule has 1 unspecified atom stereocenters. The Labute approximate surface area is 259 Å². The van der Waals surface area contributed by atoms with E-state index < -0.39 is 23.8 Å². The third-order valence-electron chi connectivity index (χ3n) is 9.05. The molecule has 0 aliphatic carbocycles. The number of rotatable bonds is 12. The van der Waals surface area contributed by atoms with Gasteiger partial charge in [0.2, 0.25) is 24.4 Å². The smallest absolute Gasteiger partial charge is 0.308 e. The molecule has 3 atom stereocenters. The lowest BCUT2D eigenvalue weighted by molar-refractivity contribution is -0.670. The topological polar surface area (TPSA) is 113 Å². The van der Waals surface area contributed by atoms with E-state index in [4.69, 9.17) is 14.2 Å². The lowest BCUT2D eigenvalue weighted by atomic mass is 9.84. The summed E-state index contributed by atoms with van der Waals surface area (Å²) in [6.07, 6.45) is 6.55. The summed E-state index contributed by atoms with van der Waals surface area (Å²) in [7, 11) is 3.46. The average Bonchev–Trinajstić information content (AvgIpc) is 3.66. The first-order valence-corrected chi connectivity index (χ1v) is 15.5. The number of likely N-dealkylation sites (tertiary alicyclic amines) is 2. The minimum Gasteiger partial charge on any atom is -0.493 e. The molecule has 2 amide bonds. The Kier molecular flexibility index (Phi) is 9.34. The van der Waals surface area contributed by atoms with Crippen LogP contribution in [0.2, 0.25) is 0 Å². The first kappa shape index (κ1) is 31.6. The summed E-state index contributed by atoms with van der Waals surface area (Å²) in [5.41, 5.74) is 1.45. The first-order chi connectivity index (χ1) is 21.0. The fourth-order valence-corrected chi connectivity index (χ4v) is 6.93. The van der Waals surface area contributed by atoms with Crippen LogP contribution in [0.3, 0.4) is 0 Å². The summed E-state index contributed by atoms with van der Waals surface area (Å²) >= 11 is 0. The zero-order chi connectivity index (χ0) is 31.6. The highest BCUT2D eigenvalue weighted by Gasteiger charge is 2.48. The van der Waals surface area contributed by atoms with Crippen LogP contribution in [0.5, 0.6) is 17.2 Å². The molecule has 11 nitrogen and oxygen atoms in total. The van der Waals surface area contributed by atoms with Gasteiger partial charge < -0.3 is 29.1 Å². The van der Waals surface area contributed by atoms with Gasteiger partial charge in [0.1, 0.15) is 12.7 Å². The van der Waals surface area contributed by atoms with Gasteiger partial charge in [0.25, 0.3) is 0 Å². The van der Waals surface area contributed by atoms with Crippen molar-refractivity contribution in [1.82, 2.24) is 9.80 Å². The van der Waals surface area contributed by atoms with Crippen LogP contribution in [0.15, 0.2) is 36.7 Å². The Balaban J connectivity index is 1.46. The van der Waals surface area contributed by atoms with E-state index in [0.717, 1.165) is 24.1 Å². The van der Waals surface area contributed by atoms with Crippen molar-refractivity contribution in [3.05, 3.63) is 42.2 Å². The van der Waals surface area contributed by atoms with Crippen molar-refractivity contribution in [2.24, 2.45) is 18.4 Å². The van der Waals surface area contributed by atoms with E-state index in [1.54, 1.807) is 12.0 Å². The Morgan fingerprint density at radius 3 is 2.70 bits per heavy atom. The number of hydrogen-bond donors (Lipinski definition) is 1. The number of benzene rings is 1. The predicted octanol–water partition coefficient (Wildman–Crippen LogP) is 3.20. The lowest BCUT2D eigenvalue weighted by Gasteiger charge is -2.30. The van der Waals surface area contributed by atoms with Crippen LogP contribution < -0.4 is 23.7 Å². The number of fused-ring (bicyclic) bond motifs is 1. The normalized spacial score (nSPS) is 22.4. The molecule has 2 aromatic rings. The molecule has 0 radical (unpaired) electrons. The monoisotopic (exact) mass is 609 g/mol. The van der Waals surface area contributed by atoms with Gasteiger partial charge in [-0.05, 0) is 42.0 Å². The zero-order valence-electron chi connectivity index (χ0n) is 26.5. The molecule has 4 heterocycles. The minimum atomic E-state index is -0.933. The van der Waals surface area contributed by atoms with Crippen LogP contribution in [-0.4, -0.2) is 85.4 Å². The molecule has 5 rings (SSSR count). The minimum absolute atomic E-state index is 0.0639. The van der Waals surface area contributed by atoms with Gasteiger partial charge in [-0.3, -0.25) is 19.3 Å². The summed E-state index contributed by atoms with van der Waals surface area (Å²) < 4.78 is 18.7. The second-order valence-electron chi connectivity index (χ2n) is 13.0. The van der Waals surface area contributed by atoms with Crippen molar-refractivity contribution in [3.63, 3.8) is 0 Å². The Morgan fingerprint density at radius 2 is 2.05 bits per heavy atom. The van der Waals surface area contributed by atoms with Crippen LogP contribution in [0.4, 0.5) is 5.69 Å². The van der Waals surface area contributed by atoms with Crippen LogP contribution >= 0.6 is 0 Å². The van der Waals surface area contributed by atoms with Crippen molar-refractivity contribution in [2.75, 3.05) is 51.5 Å². The number of aromatic nitrogens is 1. The van der Waals surface area contributed by atoms with Gasteiger partial charge in [0, 0.05) is 50.6 Å². The van der Waals surface area contributed by atoms with Gasteiger partial charge in [-0.25, -0.2) is 4.57 Å². The van der Waals surface area contributed by atoms with E-state index >= 15 is 0 Å². The SMILES string of the molecule is CCCCN(C(=O)CN1C[C@H](c2cc(OC)c3c(c2)OCO3)C(C(=O)O)[C@@H]1CCN1CC(C)(C)CC1=O)c1ccc[n+](C)c1. The van der Waals surface area contributed by atoms with Gasteiger partial charge in [0.15, 0.2) is 23.9 Å². The maximum atomic E-state index is 14.0. The molecule has 1 aromatic heterocycles. The number of carbonyl (C=O) groups excluding carboxylic acids is 2. The maximum absolute atomic E-state index is 14.0. The van der Waals surface area contributed by atoms with Crippen LogP contribution in [0.25, 0.3) is 0 Å². The molecular formula is C33H45N4O7+. The summed E-state index contributed by atoms with van der Waals surface area (Å²) in [6, 6.07) is 7.03. The molecule has 1 aromatic carbocycles. The lowest BCUT2D eigenvalue weighted by Crippen LogP contribution is -2.46. The van der Waals surface area contributed by atoms with Gasteiger partial charge in [-0.2, -0.15) is 0 Å². The number of carboxylic acids is 1. The van der Waals surface area contributed by atoms with Crippen LogP contribution in [-0.2, 0) is 21.4 Å². The number of methoxy groups -OCH3 is 1. The number of pyridine rings is 1. The number of aliphatic carboxylic acids is 1. The van der Waals surface area contributed by atoms with E-state index in [1.807, 2.05) is 58.1 Å². The van der Waals surface area contributed by atoms with E-state index in [0.29, 0.717) is 56.3 Å². The van der Waals surface area contributed by atoms with Gasteiger partial charge >= 0.3 is 5.97 Å². The number of ether oxygens (including phenoxy) is 3. The molecular weight excluding hydrogens is 564 g/mol. The van der Waals surface area contributed by atoms with Crippen molar-refractivity contribution in [3.8, 4) is 17.2 Å². The Bertz CT molecular complexity index is 1400. The van der Waals surface area contributed by atoms with Gasteiger partial charge in [-0.15, -0.1) is 0 Å². The molecule has 2 saturated heterocycles. The number of nitrogens with zero attached hydrogens (tertiary/aromatic N) is 4. The molecule has 1 N–H and O–H groups in total. The number of unbranched alkanes of at least 4 members (excludes halogenated alkanes) is 1. The third kappa shape index (κ3) is 6.62. The highest BCUT2D eigenvalue weighted by molar-refractivity contribution is 5.94. The Hall–Kier alpha value is -3.86. The number of aryl methyl sites for hydroxylation is 1. The summed E-state index contributed by atoms with van der Waals surface area (Å²) in [5.74, 6) is -0.668. The number of carboxylic acid groups (broad SMARTS) is 1. The molecule has 0 bridgehead atoms. The van der Waals surface area contributed by atoms with Gasteiger partial charge in [-0.1, -0.05) is 27.2 Å². The largest absolute Gasteiger partial charge is 0.493 e. The van der Waals surface area contributed by atoms with Crippen molar-refractivity contribution in [2.45, 2.75) is 58.4 Å². The van der Waals surface area contributed by atoms with Crippen LogP contribution in [0, 0.1) is 11.3 Å². The molecule has 238 valence electrons. The molecule has 11 heteroatoms. The number of carbonyl (C=O) groups is 3. The van der Waals surface area contributed by atoms with E-state index in [1.165, 1.54) is 0 Å². The van der Waals surface area contributed by atoms with E-state index in [9.17, 15) is 19.5 Å². The maximum Gasteiger partial charge on any atom is 0.308 e.